The number of nitrogens with one attached hydrogen (secondary N) is 2. The Morgan fingerprint density at radius 1 is 1.40 bits per heavy atom. The molecule has 3 aromatic heterocycles. The SMILES string of the molecule is Cc1cc(NC(=O)c2ccc3cc4n(c3n2)C(C)CCNC4=O)no1. The number of aromatic nitrogens is 3. The van der Waals surface area contributed by atoms with Crippen LogP contribution in [0.1, 0.15) is 46.1 Å². The normalized spacial score (nSPS) is 17.0. The molecule has 0 radical (unpaired) electrons. The number of hydrogen-bond donors (Lipinski definition) is 2. The third kappa shape index (κ3) is 2.65. The van der Waals surface area contributed by atoms with Gasteiger partial charge >= 0.3 is 0 Å². The maximum absolute atomic E-state index is 12.4. The number of aryl methyl sites for hydroxylation is 1. The summed E-state index contributed by atoms with van der Waals surface area (Å²) in [5.41, 5.74) is 1.45. The van der Waals surface area contributed by atoms with Crippen molar-refractivity contribution in [2.45, 2.75) is 26.3 Å². The molecule has 0 spiro atoms. The molecule has 1 aliphatic heterocycles. The first-order valence-corrected chi connectivity index (χ1v) is 8.08. The number of nitrogens with zero attached hydrogens (tertiary/aromatic N) is 3. The van der Waals surface area contributed by atoms with Crippen LogP contribution in [0.3, 0.4) is 0 Å². The van der Waals surface area contributed by atoms with Crippen LogP contribution < -0.4 is 10.6 Å². The standard InChI is InChI=1S/C17H17N5O3/c1-9-5-6-18-17(24)13-8-11-3-4-12(19-15(11)22(9)13)16(23)20-14-7-10(2)25-21-14/h3-4,7-9H,5-6H2,1-2H3,(H,18,24)(H,20,21,23). The van der Waals surface area contributed by atoms with Gasteiger partial charge in [0.25, 0.3) is 11.8 Å². The van der Waals surface area contributed by atoms with Gasteiger partial charge in [-0.15, -0.1) is 0 Å². The Kier molecular flexibility index (Phi) is 3.52. The Morgan fingerprint density at radius 2 is 2.24 bits per heavy atom. The van der Waals surface area contributed by atoms with Crippen LogP contribution in [0.25, 0.3) is 11.0 Å². The molecular weight excluding hydrogens is 322 g/mol. The molecule has 4 heterocycles. The van der Waals surface area contributed by atoms with Crippen LogP contribution in [-0.2, 0) is 0 Å². The number of carbonyl (C=O) groups is 2. The van der Waals surface area contributed by atoms with Gasteiger partial charge in [-0.3, -0.25) is 9.59 Å². The van der Waals surface area contributed by atoms with Gasteiger partial charge in [-0.1, -0.05) is 5.16 Å². The average molecular weight is 339 g/mol. The predicted molar refractivity (Wildman–Crippen MR) is 90.6 cm³/mol. The van der Waals surface area contributed by atoms with Crippen molar-refractivity contribution < 1.29 is 14.1 Å². The predicted octanol–water partition coefficient (Wildman–Crippen LogP) is 2.28. The first kappa shape index (κ1) is 15.4. The molecular formula is C17H17N5O3. The molecule has 0 saturated heterocycles. The van der Waals surface area contributed by atoms with Crippen molar-refractivity contribution in [3.63, 3.8) is 0 Å². The van der Waals surface area contributed by atoms with Gasteiger partial charge in [-0.05, 0) is 38.5 Å². The first-order valence-electron chi connectivity index (χ1n) is 8.08. The summed E-state index contributed by atoms with van der Waals surface area (Å²) < 4.78 is 6.84. The third-order valence-electron chi connectivity index (χ3n) is 4.31. The summed E-state index contributed by atoms with van der Waals surface area (Å²) in [4.78, 5) is 29.1. The highest BCUT2D eigenvalue weighted by atomic mass is 16.5. The molecule has 1 unspecified atom stereocenters. The Hall–Kier alpha value is -3.16. The number of carbonyl (C=O) groups excluding carboxylic acids is 2. The Balaban J connectivity index is 1.74. The summed E-state index contributed by atoms with van der Waals surface area (Å²) in [5.74, 6) is 0.449. The van der Waals surface area contributed by atoms with E-state index in [0.717, 1.165) is 11.8 Å². The number of rotatable bonds is 2. The molecule has 4 rings (SSSR count). The fourth-order valence-electron chi connectivity index (χ4n) is 3.06. The Labute approximate surface area is 143 Å². The van der Waals surface area contributed by atoms with E-state index in [1.165, 1.54) is 0 Å². The maximum Gasteiger partial charge on any atom is 0.275 e. The van der Waals surface area contributed by atoms with E-state index in [-0.39, 0.29) is 23.6 Å². The quantitative estimate of drug-likeness (QED) is 0.746. The summed E-state index contributed by atoms with van der Waals surface area (Å²) in [6.45, 7) is 4.40. The van der Waals surface area contributed by atoms with Crippen molar-refractivity contribution in [1.82, 2.24) is 20.0 Å². The molecule has 128 valence electrons. The fraction of sp³-hybridized carbons (Fsp3) is 0.294. The molecule has 0 fully saturated rings. The third-order valence-corrected chi connectivity index (χ3v) is 4.31. The molecule has 25 heavy (non-hydrogen) atoms. The van der Waals surface area contributed by atoms with Crippen molar-refractivity contribution in [1.29, 1.82) is 0 Å². The molecule has 1 atom stereocenters. The van der Waals surface area contributed by atoms with Gasteiger partial charge in [0, 0.05) is 24.0 Å². The number of pyridine rings is 1. The van der Waals surface area contributed by atoms with Gasteiger partial charge in [0.2, 0.25) is 0 Å². The molecule has 2 N–H and O–H groups in total. The monoisotopic (exact) mass is 339 g/mol. The molecule has 8 nitrogen and oxygen atoms in total. The summed E-state index contributed by atoms with van der Waals surface area (Å²) in [5, 5.41) is 10.1. The van der Waals surface area contributed by atoms with E-state index < -0.39 is 0 Å². The van der Waals surface area contributed by atoms with Gasteiger partial charge in [0.1, 0.15) is 22.8 Å². The average Bonchev–Trinajstić information content (AvgIpc) is 3.13. The fourth-order valence-corrected chi connectivity index (χ4v) is 3.06. The second-order valence-electron chi connectivity index (χ2n) is 6.18. The van der Waals surface area contributed by atoms with Crippen LogP contribution in [0.15, 0.2) is 28.8 Å². The van der Waals surface area contributed by atoms with Crippen LogP contribution in [0, 0.1) is 6.92 Å². The lowest BCUT2D eigenvalue weighted by molar-refractivity contribution is 0.0950. The molecule has 0 aromatic carbocycles. The summed E-state index contributed by atoms with van der Waals surface area (Å²) in [6, 6.07) is 6.98. The van der Waals surface area contributed by atoms with Gasteiger partial charge in [-0.25, -0.2) is 4.98 Å². The molecule has 0 saturated carbocycles. The highest BCUT2D eigenvalue weighted by molar-refractivity contribution is 6.04. The minimum atomic E-state index is -0.378. The van der Waals surface area contributed by atoms with Gasteiger partial charge < -0.3 is 19.7 Å². The van der Waals surface area contributed by atoms with E-state index in [0.29, 0.717) is 29.5 Å². The van der Waals surface area contributed by atoms with E-state index in [1.54, 1.807) is 25.1 Å². The van der Waals surface area contributed by atoms with Crippen LogP contribution >= 0.6 is 0 Å². The second-order valence-corrected chi connectivity index (χ2v) is 6.18. The molecule has 2 amide bonds. The van der Waals surface area contributed by atoms with Crippen LogP contribution in [0.4, 0.5) is 5.82 Å². The Morgan fingerprint density at radius 3 is 3.00 bits per heavy atom. The molecule has 0 aliphatic carbocycles. The van der Waals surface area contributed by atoms with Gasteiger partial charge in [0.15, 0.2) is 5.82 Å². The molecule has 0 bridgehead atoms. The van der Waals surface area contributed by atoms with Crippen molar-refractivity contribution in [2.75, 3.05) is 11.9 Å². The van der Waals surface area contributed by atoms with E-state index in [1.807, 2.05) is 17.6 Å². The number of fused-ring (bicyclic) bond motifs is 3. The van der Waals surface area contributed by atoms with Crippen LogP contribution in [-0.4, -0.2) is 33.1 Å². The molecule has 1 aliphatic rings. The van der Waals surface area contributed by atoms with E-state index in [9.17, 15) is 9.59 Å². The highest BCUT2D eigenvalue weighted by Crippen LogP contribution is 2.26. The van der Waals surface area contributed by atoms with Crippen LogP contribution in [0.5, 0.6) is 0 Å². The molecule has 8 heteroatoms. The molecule has 3 aromatic rings. The number of amides is 2. The van der Waals surface area contributed by atoms with E-state index >= 15 is 0 Å². The van der Waals surface area contributed by atoms with E-state index in [2.05, 4.69) is 20.8 Å². The minimum absolute atomic E-state index is 0.107. The van der Waals surface area contributed by atoms with Crippen molar-refractivity contribution in [3.8, 4) is 0 Å². The summed E-state index contributed by atoms with van der Waals surface area (Å²) >= 11 is 0. The maximum atomic E-state index is 12.4. The lowest BCUT2D eigenvalue weighted by Crippen LogP contribution is -2.22. The number of anilines is 1. The zero-order valence-electron chi connectivity index (χ0n) is 13.9. The first-order chi connectivity index (χ1) is 12.0. The van der Waals surface area contributed by atoms with Crippen molar-refractivity contribution in [2.24, 2.45) is 0 Å². The lowest BCUT2D eigenvalue weighted by atomic mass is 10.2. The zero-order chi connectivity index (χ0) is 17.6. The van der Waals surface area contributed by atoms with Gasteiger partial charge in [-0.2, -0.15) is 0 Å². The number of hydrogen-bond acceptors (Lipinski definition) is 5. The summed E-state index contributed by atoms with van der Waals surface area (Å²) in [6.07, 6.45) is 0.804. The Bertz CT molecular complexity index is 987. The lowest BCUT2D eigenvalue weighted by Gasteiger charge is -2.13. The topological polar surface area (TPSA) is 102 Å². The largest absolute Gasteiger partial charge is 0.360 e. The van der Waals surface area contributed by atoms with Crippen molar-refractivity contribution in [3.05, 3.63) is 41.4 Å². The summed E-state index contributed by atoms with van der Waals surface area (Å²) in [7, 11) is 0. The highest BCUT2D eigenvalue weighted by Gasteiger charge is 2.24. The second kappa shape index (κ2) is 5.73. The van der Waals surface area contributed by atoms with Crippen LogP contribution in [0.2, 0.25) is 0 Å². The van der Waals surface area contributed by atoms with E-state index in [4.69, 9.17) is 4.52 Å². The van der Waals surface area contributed by atoms with Gasteiger partial charge in [0.05, 0.1) is 0 Å². The smallest absolute Gasteiger partial charge is 0.275 e. The zero-order valence-corrected chi connectivity index (χ0v) is 13.9. The van der Waals surface area contributed by atoms with Crippen molar-refractivity contribution >= 4 is 28.7 Å². The minimum Gasteiger partial charge on any atom is -0.360 e.